The molecule has 0 aliphatic rings. The van der Waals surface area contributed by atoms with E-state index in [1.54, 1.807) is 30.3 Å². The van der Waals surface area contributed by atoms with E-state index in [0.717, 1.165) is 10.9 Å². The van der Waals surface area contributed by atoms with Gasteiger partial charge in [-0.05, 0) is 48.1 Å². The Morgan fingerprint density at radius 3 is 2.64 bits per heavy atom. The molecule has 3 rings (SSSR count). The minimum Gasteiger partial charge on any atom is -0.423 e. The molecular weight excluding hydrogens is 336 g/mol. The predicted molar refractivity (Wildman–Crippen MR) is 102 cm³/mol. The number of rotatable bonds is 3. The summed E-state index contributed by atoms with van der Waals surface area (Å²) in [5.41, 5.74) is 1.69. The van der Waals surface area contributed by atoms with Crippen LogP contribution in [0.25, 0.3) is 17.0 Å². The predicted octanol–water partition coefficient (Wildman–Crippen LogP) is 3.32. The highest BCUT2D eigenvalue weighted by Gasteiger charge is 2.04. The average Bonchev–Trinajstić information content (AvgIpc) is 2.61. The highest BCUT2D eigenvalue weighted by atomic mass is 32.1. The third-order valence-electron chi connectivity index (χ3n) is 3.34. The zero-order valence-electron chi connectivity index (χ0n) is 13.1. The molecule has 0 aliphatic carbocycles. The molecule has 2 aromatic carbocycles. The lowest BCUT2D eigenvalue weighted by Crippen LogP contribution is -2.32. The molecule has 124 valence electrons. The zero-order valence-corrected chi connectivity index (χ0v) is 13.9. The van der Waals surface area contributed by atoms with Gasteiger partial charge in [-0.3, -0.25) is 10.1 Å². The van der Waals surface area contributed by atoms with Crippen LogP contribution in [0, 0.1) is 0 Å². The van der Waals surface area contributed by atoms with Gasteiger partial charge in [-0.2, -0.15) is 0 Å². The molecule has 0 unspecified atom stereocenters. The van der Waals surface area contributed by atoms with Crippen molar-refractivity contribution >= 4 is 46.0 Å². The molecule has 0 bridgehead atoms. The largest absolute Gasteiger partial charge is 0.423 e. The Morgan fingerprint density at radius 1 is 1.04 bits per heavy atom. The summed E-state index contributed by atoms with van der Waals surface area (Å²) >= 11 is 5.14. The summed E-state index contributed by atoms with van der Waals surface area (Å²) in [4.78, 5) is 23.1. The van der Waals surface area contributed by atoms with Crippen LogP contribution in [0.15, 0.2) is 76.0 Å². The van der Waals surface area contributed by atoms with E-state index in [1.165, 1.54) is 12.1 Å². The first-order chi connectivity index (χ1) is 12.1. The number of thiocarbonyl (C=S) groups is 1. The van der Waals surface area contributed by atoms with E-state index < -0.39 is 5.63 Å². The number of amides is 1. The minimum absolute atomic E-state index is 0.180. The number of hydrogen-bond donors (Lipinski definition) is 2. The lowest BCUT2D eigenvalue weighted by Gasteiger charge is -2.08. The number of nitrogens with one attached hydrogen (secondary N) is 2. The number of carbonyl (C=O) groups is 1. The van der Waals surface area contributed by atoms with Crippen molar-refractivity contribution < 1.29 is 9.21 Å². The highest BCUT2D eigenvalue weighted by Crippen LogP contribution is 2.17. The summed E-state index contributed by atoms with van der Waals surface area (Å²) in [5.74, 6) is -0.326. The molecule has 2 N–H and O–H groups in total. The molecule has 1 aromatic heterocycles. The van der Waals surface area contributed by atoms with Crippen LogP contribution >= 0.6 is 12.2 Å². The van der Waals surface area contributed by atoms with Gasteiger partial charge < -0.3 is 9.73 Å². The fourth-order valence-corrected chi connectivity index (χ4v) is 2.42. The molecular formula is C19H14N2O3S. The number of hydrogen-bond acceptors (Lipinski definition) is 4. The number of fused-ring (bicyclic) bond motifs is 1. The first-order valence-corrected chi connectivity index (χ1v) is 7.90. The topological polar surface area (TPSA) is 71.3 Å². The number of benzene rings is 2. The maximum Gasteiger partial charge on any atom is 0.336 e. The fraction of sp³-hybridized carbons (Fsp3) is 0. The molecule has 25 heavy (non-hydrogen) atoms. The van der Waals surface area contributed by atoms with E-state index in [4.69, 9.17) is 16.6 Å². The van der Waals surface area contributed by atoms with Gasteiger partial charge in [-0.25, -0.2) is 4.79 Å². The zero-order chi connectivity index (χ0) is 17.6. The van der Waals surface area contributed by atoms with Crippen LogP contribution in [0.5, 0.6) is 0 Å². The maximum absolute atomic E-state index is 11.9. The van der Waals surface area contributed by atoms with Crippen LogP contribution in [0.1, 0.15) is 5.56 Å². The maximum atomic E-state index is 11.9. The van der Waals surface area contributed by atoms with Crippen LogP contribution in [0.2, 0.25) is 0 Å². The Labute approximate surface area is 149 Å². The lowest BCUT2D eigenvalue weighted by molar-refractivity contribution is -0.115. The molecule has 0 saturated heterocycles. The fourth-order valence-electron chi connectivity index (χ4n) is 2.20. The van der Waals surface area contributed by atoms with Crippen LogP contribution < -0.4 is 16.3 Å². The van der Waals surface area contributed by atoms with Crippen LogP contribution in [-0.2, 0) is 4.79 Å². The second kappa shape index (κ2) is 7.55. The summed E-state index contributed by atoms with van der Waals surface area (Å²) in [5, 5.41) is 6.43. The van der Waals surface area contributed by atoms with Gasteiger partial charge >= 0.3 is 5.63 Å². The normalized spacial score (nSPS) is 10.7. The van der Waals surface area contributed by atoms with Gasteiger partial charge in [0.1, 0.15) is 5.58 Å². The van der Waals surface area contributed by atoms with Gasteiger partial charge in [0.25, 0.3) is 0 Å². The molecule has 6 heteroatoms. The summed E-state index contributed by atoms with van der Waals surface area (Å²) < 4.78 is 5.07. The number of carbonyl (C=O) groups excluding carboxylic acids is 1. The van der Waals surface area contributed by atoms with Crippen molar-refractivity contribution in [2.24, 2.45) is 0 Å². The third-order valence-corrected chi connectivity index (χ3v) is 3.54. The first-order valence-electron chi connectivity index (χ1n) is 7.49. The van der Waals surface area contributed by atoms with Gasteiger partial charge in [-0.1, -0.05) is 30.3 Å². The monoisotopic (exact) mass is 350 g/mol. The van der Waals surface area contributed by atoms with Gasteiger partial charge in [0.15, 0.2) is 5.11 Å². The summed E-state index contributed by atoms with van der Waals surface area (Å²) in [6, 6.07) is 17.7. The molecule has 0 radical (unpaired) electrons. The lowest BCUT2D eigenvalue weighted by atomic mass is 10.2. The SMILES string of the molecule is O=C(C=Cc1ccccc1)NC(=S)Nc1ccc2oc(=O)ccc2c1. The van der Waals surface area contributed by atoms with E-state index in [1.807, 2.05) is 30.3 Å². The molecule has 1 amide bonds. The summed E-state index contributed by atoms with van der Waals surface area (Å²) in [6.07, 6.45) is 3.12. The Balaban J connectivity index is 1.62. The van der Waals surface area contributed by atoms with Gasteiger partial charge in [0.2, 0.25) is 5.91 Å². The smallest absolute Gasteiger partial charge is 0.336 e. The second-order valence-corrected chi connectivity index (χ2v) is 5.60. The van der Waals surface area contributed by atoms with Gasteiger partial charge in [0, 0.05) is 23.2 Å². The third kappa shape index (κ3) is 4.62. The molecule has 0 fully saturated rings. The van der Waals surface area contributed by atoms with Crippen molar-refractivity contribution in [1.82, 2.24) is 5.32 Å². The summed E-state index contributed by atoms with van der Waals surface area (Å²) in [7, 11) is 0. The minimum atomic E-state index is -0.402. The molecule has 1 heterocycles. The van der Waals surface area contributed by atoms with Crippen molar-refractivity contribution in [2.75, 3.05) is 5.32 Å². The second-order valence-electron chi connectivity index (χ2n) is 5.19. The van der Waals surface area contributed by atoms with Crippen molar-refractivity contribution in [2.45, 2.75) is 0 Å². The molecule has 3 aromatic rings. The molecule has 0 atom stereocenters. The van der Waals surface area contributed by atoms with E-state index in [9.17, 15) is 9.59 Å². The Bertz CT molecular complexity index is 1010. The molecule has 0 saturated carbocycles. The van der Waals surface area contributed by atoms with Crippen LogP contribution in [-0.4, -0.2) is 11.0 Å². The first kappa shape index (κ1) is 16.6. The van der Waals surface area contributed by atoms with Crippen LogP contribution in [0.3, 0.4) is 0 Å². The van der Waals surface area contributed by atoms with Gasteiger partial charge in [-0.15, -0.1) is 0 Å². The van der Waals surface area contributed by atoms with E-state index in [-0.39, 0.29) is 11.0 Å². The standard InChI is InChI=1S/C19H14N2O3S/c22-17(10-6-13-4-2-1-3-5-13)21-19(25)20-15-8-9-16-14(12-15)7-11-18(23)24-16/h1-12H,(H2,20,21,22,25). The van der Waals surface area contributed by atoms with Crippen molar-refractivity contribution in [3.05, 3.63) is 82.7 Å². The Morgan fingerprint density at radius 2 is 1.84 bits per heavy atom. The van der Waals surface area contributed by atoms with E-state index in [0.29, 0.717) is 11.3 Å². The van der Waals surface area contributed by atoms with Crippen LogP contribution in [0.4, 0.5) is 5.69 Å². The Hall–Kier alpha value is -3.25. The van der Waals surface area contributed by atoms with Crippen molar-refractivity contribution in [3.8, 4) is 0 Å². The summed E-state index contributed by atoms with van der Waals surface area (Å²) in [6.45, 7) is 0. The molecule has 5 nitrogen and oxygen atoms in total. The molecule has 0 spiro atoms. The van der Waals surface area contributed by atoms with Crippen molar-refractivity contribution in [1.29, 1.82) is 0 Å². The van der Waals surface area contributed by atoms with Gasteiger partial charge in [0.05, 0.1) is 0 Å². The average molecular weight is 350 g/mol. The Kier molecular flexibility index (Phi) is 5.01. The number of anilines is 1. The highest BCUT2D eigenvalue weighted by molar-refractivity contribution is 7.80. The molecule has 0 aliphatic heterocycles. The van der Waals surface area contributed by atoms with E-state index in [2.05, 4.69) is 10.6 Å². The van der Waals surface area contributed by atoms with E-state index >= 15 is 0 Å². The van der Waals surface area contributed by atoms with Crippen molar-refractivity contribution in [3.63, 3.8) is 0 Å². The quantitative estimate of drug-likeness (QED) is 0.431.